The largest absolute Gasteiger partial charge is 0.356 e. The van der Waals surface area contributed by atoms with Crippen LogP contribution in [0.3, 0.4) is 0 Å². The van der Waals surface area contributed by atoms with Crippen LogP contribution in [0.1, 0.15) is 49.3 Å². The molecule has 0 aromatic heterocycles. The van der Waals surface area contributed by atoms with Crippen LogP contribution in [-0.4, -0.2) is 37.8 Å². The summed E-state index contributed by atoms with van der Waals surface area (Å²) in [6.45, 7) is 6.23. The Bertz CT molecular complexity index is 1110. The molecule has 6 heteroatoms. The van der Waals surface area contributed by atoms with Gasteiger partial charge >= 0.3 is 0 Å². The van der Waals surface area contributed by atoms with Gasteiger partial charge in [0.25, 0.3) is 0 Å². The number of hydrogen-bond donors (Lipinski definition) is 1. The van der Waals surface area contributed by atoms with Crippen molar-refractivity contribution in [3.05, 3.63) is 102 Å². The molecule has 0 spiro atoms. The standard InChI is InChI=1S/C28H34N2O3S/c1-22(2)30(34(32,33)26-16-14-23(3)15-17-26)21-19-28(31)29-20-18-27(24-10-6-4-7-11-24)25-12-8-5-9-13-25/h4-17,22,27H,18-21H2,1-3H3,(H,29,31). The predicted octanol–water partition coefficient (Wildman–Crippen LogP) is 5.12. The van der Waals surface area contributed by atoms with Gasteiger partial charge in [0.05, 0.1) is 4.90 Å². The second-order valence-corrected chi connectivity index (χ2v) is 10.7. The monoisotopic (exact) mass is 478 g/mol. The van der Waals surface area contributed by atoms with Crippen molar-refractivity contribution in [3.63, 3.8) is 0 Å². The minimum atomic E-state index is -3.67. The van der Waals surface area contributed by atoms with Crippen LogP contribution in [0.4, 0.5) is 0 Å². The average Bonchev–Trinajstić information content (AvgIpc) is 2.83. The second-order valence-electron chi connectivity index (χ2n) is 8.79. The Labute approximate surface area is 203 Å². The second kappa shape index (κ2) is 12.0. The number of carbonyl (C=O) groups is 1. The highest BCUT2D eigenvalue weighted by atomic mass is 32.2. The molecule has 3 aromatic carbocycles. The molecule has 0 aliphatic rings. The zero-order chi connectivity index (χ0) is 24.6. The molecule has 0 aliphatic heterocycles. The third-order valence-corrected chi connectivity index (χ3v) is 8.01. The molecule has 0 unspecified atom stereocenters. The third-order valence-electron chi connectivity index (χ3n) is 5.92. The Hall–Kier alpha value is -2.96. The van der Waals surface area contributed by atoms with Crippen LogP contribution >= 0.6 is 0 Å². The molecular formula is C28H34N2O3S. The number of nitrogens with zero attached hydrogens (tertiary/aromatic N) is 1. The van der Waals surface area contributed by atoms with Crippen LogP contribution in [0, 0.1) is 6.92 Å². The maximum absolute atomic E-state index is 13.1. The van der Waals surface area contributed by atoms with E-state index in [0.717, 1.165) is 12.0 Å². The van der Waals surface area contributed by atoms with Crippen molar-refractivity contribution in [1.29, 1.82) is 0 Å². The Morgan fingerprint density at radius 3 is 1.88 bits per heavy atom. The molecule has 1 N–H and O–H groups in total. The number of aryl methyl sites for hydroxylation is 1. The Morgan fingerprint density at radius 1 is 0.853 bits per heavy atom. The van der Waals surface area contributed by atoms with Crippen LogP contribution < -0.4 is 5.32 Å². The number of sulfonamides is 1. The third kappa shape index (κ3) is 6.78. The molecule has 0 fully saturated rings. The minimum absolute atomic E-state index is 0.116. The number of benzene rings is 3. The first-order chi connectivity index (χ1) is 16.3. The van der Waals surface area contributed by atoms with Crippen molar-refractivity contribution < 1.29 is 13.2 Å². The van der Waals surface area contributed by atoms with Gasteiger partial charge in [0.1, 0.15) is 0 Å². The Kier molecular flexibility index (Phi) is 9.02. The summed E-state index contributed by atoms with van der Waals surface area (Å²) in [5.41, 5.74) is 3.41. The van der Waals surface area contributed by atoms with Gasteiger partial charge in [0.15, 0.2) is 0 Å². The number of hydrogen-bond acceptors (Lipinski definition) is 3. The van der Waals surface area contributed by atoms with Gasteiger partial charge in [-0.25, -0.2) is 8.42 Å². The van der Waals surface area contributed by atoms with Crippen LogP contribution in [0.25, 0.3) is 0 Å². The van der Waals surface area contributed by atoms with E-state index in [4.69, 9.17) is 0 Å². The van der Waals surface area contributed by atoms with E-state index in [9.17, 15) is 13.2 Å². The van der Waals surface area contributed by atoms with Gasteiger partial charge in [-0.15, -0.1) is 0 Å². The molecule has 0 radical (unpaired) electrons. The fraction of sp³-hybridized carbons (Fsp3) is 0.321. The van der Waals surface area contributed by atoms with Gasteiger partial charge in [0.2, 0.25) is 15.9 Å². The quantitative estimate of drug-likeness (QED) is 0.416. The summed E-state index contributed by atoms with van der Waals surface area (Å²) in [4.78, 5) is 12.9. The molecule has 1 amide bonds. The predicted molar refractivity (Wildman–Crippen MR) is 137 cm³/mol. The van der Waals surface area contributed by atoms with Gasteiger partial charge in [-0.05, 0) is 50.5 Å². The van der Waals surface area contributed by atoms with Gasteiger partial charge in [-0.1, -0.05) is 78.4 Å². The molecule has 180 valence electrons. The van der Waals surface area contributed by atoms with Crippen LogP contribution in [-0.2, 0) is 14.8 Å². The molecule has 0 heterocycles. The Balaban J connectivity index is 1.59. The molecule has 0 atom stereocenters. The van der Waals surface area contributed by atoms with Gasteiger partial charge in [-0.3, -0.25) is 4.79 Å². The lowest BCUT2D eigenvalue weighted by Crippen LogP contribution is -2.39. The lowest BCUT2D eigenvalue weighted by molar-refractivity contribution is -0.121. The lowest BCUT2D eigenvalue weighted by Gasteiger charge is -2.26. The van der Waals surface area contributed by atoms with Crippen molar-refractivity contribution in [3.8, 4) is 0 Å². The highest BCUT2D eigenvalue weighted by molar-refractivity contribution is 7.89. The fourth-order valence-electron chi connectivity index (χ4n) is 4.05. The van der Waals surface area contributed by atoms with Gasteiger partial charge in [-0.2, -0.15) is 4.31 Å². The fourth-order valence-corrected chi connectivity index (χ4v) is 5.69. The molecule has 0 saturated carbocycles. The van der Waals surface area contributed by atoms with Crippen LogP contribution in [0.15, 0.2) is 89.8 Å². The number of nitrogens with one attached hydrogen (secondary N) is 1. The van der Waals surface area contributed by atoms with E-state index in [0.29, 0.717) is 6.54 Å². The summed E-state index contributed by atoms with van der Waals surface area (Å²) in [6, 6.07) is 27.1. The molecule has 34 heavy (non-hydrogen) atoms. The topological polar surface area (TPSA) is 66.5 Å². The van der Waals surface area contributed by atoms with Gasteiger partial charge < -0.3 is 5.32 Å². The molecule has 0 saturated heterocycles. The highest BCUT2D eigenvalue weighted by Crippen LogP contribution is 2.27. The summed E-state index contributed by atoms with van der Waals surface area (Å²) < 4.78 is 27.6. The molecule has 5 nitrogen and oxygen atoms in total. The van der Waals surface area contributed by atoms with Crippen molar-refractivity contribution >= 4 is 15.9 Å². The number of carbonyl (C=O) groups excluding carboxylic acids is 1. The summed E-state index contributed by atoms with van der Waals surface area (Å²) in [7, 11) is -3.67. The molecule has 3 aromatic rings. The average molecular weight is 479 g/mol. The summed E-state index contributed by atoms with van der Waals surface area (Å²) in [5.74, 6) is 0.0291. The SMILES string of the molecule is Cc1ccc(S(=O)(=O)N(CCC(=O)NCCC(c2ccccc2)c2ccccc2)C(C)C)cc1. The van der Waals surface area contributed by atoms with E-state index in [1.807, 2.05) is 57.2 Å². The number of rotatable bonds is 11. The first-order valence-electron chi connectivity index (χ1n) is 11.7. The highest BCUT2D eigenvalue weighted by Gasteiger charge is 2.27. The first kappa shape index (κ1) is 25.7. The first-order valence-corrected chi connectivity index (χ1v) is 13.2. The number of amides is 1. The van der Waals surface area contributed by atoms with Crippen molar-refractivity contribution in [2.24, 2.45) is 0 Å². The van der Waals surface area contributed by atoms with Gasteiger partial charge in [0, 0.05) is 31.5 Å². The van der Waals surface area contributed by atoms with Crippen LogP contribution in [0.5, 0.6) is 0 Å². The van der Waals surface area contributed by atoms with Crippen molar-refractivity contribution in [2.45, 2.75) is 50.5 Å². The molecule has 0 bridgehead atoms. The van der Waals surface area contributed by atoms with E-state index in [1.165, 1.54) is 15.4 Å². The smallest absolute Gasteiger partial charge is 0.243 e. The van der Waals surface area contributed by atoms with E-state index in [2.05, 4.69) is 29.6 Å². The molecule has 3 rings (SSSR count). The summed E-state index contributed by atoms with van der Waals surface area (Å²) >= 11 is 0. The zero-order valence-corrected chi connectivity index (χ0v) is 21.0. The molecule has 0 aliphatic carbocycles. The van der Waals surface area contributed by atoms with Crippen molar-refractivity contribution in [1.82, 2.24) is 9.62 Å². The van der Waals surface area contributed by atoms with E-state index < -0.39 is 10.0 Å². The molecular weight excluding hydrogens is 444 g/mol. The van der Waals surface area contributed by atoms with E-state index in [-0.39, 0.29) is 35.7 Å². The van der Waals surface area contributed by atoms with E-state index >= 15 is 0 Å². The van der Waals surface area contributed by atoms with Crippen LogP contribution in [0.2, 0.25) is 0 Å². The zero-order valence-electron chi connectivity index (χ0n) is 20.1. The maximum atomic E-state index is 13.1. The summed E-state index contributed by atoms with van der Waals surface area (Å²) in [6.07, 6.45) is 0.875. The van der Waals surface area contributed by atoms with E-state index in [1.54, 1.807) is 24.3 Å². The van der Waals surface area contributed by atoms with Crippen molar-refractivity contribution in [2.75, 3.05) is 13.1 Å². The Morgan fingerprint density at radius 2 is 1.38 bits per heavy atom. The minimum Gasteiger partial charge on any atom is -0.356 e. The maximum Gasteiger partial charge on any atom is 0.243 e. The lowest BCUT2D eigenvalue weighted by atomic mass is 9.88. The normalized spacial score (nSPS) is 11.8. The summed E-state index contributed by atoms with van der Waals surface area (Å²) in [5, 5.41) is 2.99.